The molecule has 122 valence electrons. The average Bonchev–Trinajstić information content (AvgIpc) is 3.00. The van der Waals surface area contributed by atoms with E-state index in [-0.39, 0.29) is 11.3 Å². The molecule has 24 heavy (non-hydrogen) atoms. The molecule has 1 aromatic heterocycles. The summed E-state index contributed by atoms with van der Waals surface area (Å²) in [5.41, 5.74) is 1.52. The topological polar surface area (TPSA) is 62.2 Å². The van der Waals surface area contributed by atoms with E-state index < -0.39 is 5.91 Å². The highest BCUT2D eigenvalue weighted by Crippen LogP contribution is 2.31. The maximum atomic E-state index is 12.2. The first kappa shape index (κ1) is 17.0. The van der Waals surface area contributed by atoms with Crippen molar-refractivity contribution in [1.29, 1.82) is 0 Å². The molecule has 3 aromatic rings. The smallest absolute Gasteiger partial charge is 0.261 e. The van der Waals surface area contributed by atoms with E-state index in [0.717, 1.165) is 5.56 Å². The molecule has 1 amide bonds. The second-order valence-electron chi connectivity index (χ2n) is 4.78. The van der Waals surface area contributed by atoms with Crippen molar-refractivity contribution in [2.75, 3.05) is 5.32 Å². The van der Waals surface area contributed by atoms with Crippen LogP contribution in [0.25, 0.3) is 11.3 Å². The number of aromatic hydroxyl groups is 1. The number of rotatable bonds is 3. The van der Waals surface area contributed by atoms with Gasteiger partial charge < -0.3 is 5.11 Å². The van der Waals surface area contributed by atoms with Crippen molar-refractivity contribution in [3.8, 4) is 17.0 Å². The van der Waals surface area contributed by atoms with Crippen LogP contribution < -0.4 is 5.32 Å². The number of phenolic OH excluding ortho intramolecular Hbond substituents is 1. The van der Waals surface area contributed by atoms with E-state index >= 15 is 0 Å². The molecule has 1 heterocycles. The third kappa shape index (κ3) is 3.65. The summed E-state index contributed by atoms with van der Waals surface area (Å²) in [6.45, 7) is 0. The Kier molecular flexibility index (Phi) is 4.96. The number of amides is 1. The predicted molar refractivity (Wildman–Crippen MR) is 98.6 cm³/mol. The number of hydrogen-bond donors (Lipinski definition) is 2. The third-order valence-electron chi connectivity index (χ3n) is 3.14. The van der Waals surface area contributed by atoms with Crippen molar-refractivity contribution in [3.63, 3.8) is 0 Å². The molecule has 0 aliphatic rings. The number of nitrogens with one attached hydrogen (secondary N) is 1. The lowest BCUT2D eigenvalue weighted by Gasteiger charge is -2.04. The number of thiazole rings is 1. The summed E-state index contributed by atoms with van der Waals surface area (Å²) < 4.78 is 0. The minimum Gasteiger partial charge on any atom is -0.507 e. The number of anilines is 1. The molecule has 0 unspecified atom stereocenters. The largest absolute Gasteiger partial charge is 0.507 e. The van der Waals surface area contributed by atoms with Gasteiger partial charge in [-0.05, 0) is 30.3 Å². The zero-order valence-electron chi connectivity index (χ0n) is 11.9. The number of carbonyl (C=O) groups excluding carboxylic acids is 1. The van der Waals surface area contributed by atoms with Gasteiger partial charge in [0.25, 0.3) is 5.91 Å². The number of nitrogens with zero attached hydrogens (tertiary/aromatic N) is 1. The van der Waals surface area contributed by atoms with Crippen LogP contribution in [0.3, 0.4) is 0 Å². The highest BCUT2D eigenvalue weighted by molar-refractivity contribution is 7.14. The first-order chi connectivity index (χ1) is 11.4. The van der Waals surface area contributed by atoms with E-state index in [9.17, 15) is 9.90 Å². The lowest BCUT2D eigenvalue weighted by molar-refractivity contribution is 0.102. The summed E-state index contributed by atoms with van der Waals surface area (Å²) in [6.07, 6.45) is 0. The Hall–Kier alpha value is -1.79. The van der Waals surface area contributed by atoms with Gasteiger partial charge in [0.15, 0.2) is 5.13 Å². The fourth-order valence-corrected chi connectivity index (χ4v) is 3.16. The summed E-state index contributed by atoms with van der Waals surface area (Å²) >= 11 is 19.0. The molecule has 0 atom stereocenters. The Bertz CT molecular complexity index is 927. The molecule has 0 fully saturated rings. The van der Waals surface area contributed by atoms with Crippen molar-refractivity contribution in [3.05, 3.63) is 62.4 Å². The van der Waals surface area contributed by atoms with Crippen LogP contribution >= 0.6 is 46.1 Å². The minimum atomic E-state index is -0.495. The Morgan fingerprint density at radius 2 is 1.88 bits per heavy atom. The first-order valence-corrected chi connectivity index (χ1v) is 8.66. The zero-order valence-corrected chi connectivity index (χ0v) is 15.0. The zero-order chi connectivity index (χ0) is 17.3. The number of phenols is 1. The van der Waals surface area contributed by atoms with Crippen molar-refractivity contribution in [2.24, 2.45) is 0 Å². The van der Waals surface area contributed by atoms with Crippen LogP contribution in [-0.2, 0) is 0 Å². The van der Waals surface area contributed by atoms with Crippen molar-refractivity contribution in [1.82, 2.24) is 4.98 Å². The lowest BCUT2D eigenvalue weighted by atomic mass is 10.2. The summed E-state index contributed by atoms with van der Waals surface area (Å²) in [7, 11) is 0. The molecule has 8 heteroatoms. The normalized spacial score (nSPS) is 10.6. The van der Waals surface area contributed by atoms with Gasteiger partial charge in [0.2, 0.25) is 0 Å². The van der Waals surface area contributed by atoms with E-state index in [4.69, 9.17) is 34.8 Å². The van der Waals surface area contributed by atoms with Gasteiger partial charge in [0.05, 0.1) is 21.3 Å². The number of hydrogen-bond acceptors (Lipinski definition) is 4. The van der Waals surface area contributed by atoms with Gasteiger partial charge in [-0.15, -0.1) is 11.3 Å². The van der Waals surface area contributed by atoms with E-state index in [1.54, 1.807) is 23.6 Å². The van der Waals surface area contributed by atoms with Gasteiger partial charge in [0.1, 0.15) is 5.75 Å². The fraction of sp³-hybridized carbons (Fsp3) is 0. The van der Waals surface area contributed by atoms with Gasteiger partial charge in [-0.3, -0.25) is 10.1 Å². The van der Waals surface area contributed by atoms with E-state index in [1.807, 2.05) is 0 Å². The van der Waals surface area contributed by atoms with Crippen LogP contribution in [0, 0.1) is 0 Å². The van der Waals surface area contributed by atoms with Crippen LogP contribution in [0.2, 0.25) is 15.1 Å². The second kappa shape index (κ2) is 6.99. The van der Waals surface area contributed by atoms with Crippen molar-refractivity contribution in [2.45, 2.75) is 0 Å². The summed E-state index contributed by atoms with van der Waals surface area (Å²) in [4.78, 5) is 16.6. The van der Waals surface area contributed by atoms with Crippen molar-refractivity contribution < 1.29 is 9.90 Å². The van der Waals surface area contributed by atoms with Gasteiger partial charge in [-0.2, -0.15) is 0 Å². The van der Waals surface area contributed by atoms with E-state index in [2.05, 4.69) is 10.3 Å². The molecule has 0 saturated heterocycles. The molecule has 2 N–H and O–H groups in total. The summed E-state index contributed by atoms with van der Waals surface area (Å²) in [5, 5.41) is 15.8. The van der Waals surface area contributed by atoms with Crippen LogP contribution in [-0.4, -0.2) is 16.0 Å². The number of carbonyl (C=O) groups is 1. The average molecular weight is 400 g/mol. The van der Waals surface area contributed by atoms with Gasteiger partial charge in [0, 0.05) is 16.0 Å². The molecule has 3 rings (SSSR count). The van der Waals surface area contributed by atoms with Crippen LogP contribution in [0.15, 0.2) is 41.8 Å². The number of benzene rings is 2. The van der Waals surface area contributed by atoms with Crippen molar-refractivity contribution >= 4 is 57.2 Å². The maximum absolute atomic E-state index is 12.2. The molecule has 2 aromatic carbocycles. The number of halogens is 3. The minimum absolute atomic E-state index is 0.0776. The van der Waals surface area contributed by atoms with Gasteiger partial charge in [-0.25, -0.2) is 4.98 Å². The predicted octanol–water partition coefficient (Wildman–Crippen LogP) is 5.73. The van der Waals surface area contributed by atoms with E-state index in [0.29, 0.717) is 25.9 Å². The number of aromatic nitrogens is 1. The molecular formula is C16H9Cl3N2O2S. The molecule has 0 saturated carbocycles. The second-order valence-corrected chi connectivity index (χ2v) is 6.89. The maximum Gasteiger partial charge on any atom is 0.261 e. The molecule has 0 radical (unpaired) electrons. The molecule has 0 spiro atoms. The standard InChI is InChI=1S/C16H9Cl3N2O2S/c17-9-2-4-14(22)10(6-9)15(23)21-16-20-13(7-24-16)8-1-3-11(18)12(19)5-8/h1-7,22H,(H,20,21,23). The summed E-state index contributed by atoms with van der Waals surface area (Å²) in [5.74, 6) is -0.650. The SMILES string of the molecule is O=C(Nc1nc(-c2ccc(Cl)c(Cl)c2)cs1)c1cc(Cl)ccc1O. The van der Waals surface area contributed by atoms with Gasteiger partial charge >= 0.3 is 0 Å². The Balaban J connectivity index is 1.82. The lowest BCUT2D eigenvalue weighted by Crippen LogP contribution is -2.11. The highest BCUT2D eigenvalue weighted by Gasteiger charge is 2.14. The highest BCUT2D eigenvalue weighted by atomic mass is 35.5. The van der Waals surface area contributed by atoms with Crippen LogP contribution in [0.1, 0.15) is 10.4 Å². The summed E-state index contributed by atoms with van der Waals surface area (Å²) in [6, 6.07) is 9.42. The van der Waals surface area contributed by atoms with Crippen LogP contribution in [0.4, 0.5) is 5.13 Å². The first-order valence-electron chi connectivity index (χ1n) is 6.65. The van der Waals surface area contributed by atoms with Crippen LogP contribution in [0.5, 0.6) is 5.75 Å². The Morgan fingerprint density at radius 1 is 1.08 bits per heavy atom. The fourth-order valence-electron chi connectivity index (χ4n) is 1.97. The Morgan fingerprint density at radius 3 is 2.62 bits per heavy atom. The third-order valence-corrected chi connectivity index (χ3v) is 4.88. The molecule has 0 aliphatic heterocycles. The van der Waals surface area contributed by atoms with Gasteiger partial charge in [-0.1, -0.05) is 40.9 Å². The Labute approximate surface area is 156 Å². The van der Waals surface area contributed by atoms with E-state index in [1.165, 1.54) is 29.5 Å². The molecule has 0 bridgehead atoms. The molecular weight excluding hydrogens is 391 g/mol. The molecule has 0 aliphatic carbocycles. The quantitative estimate of drug-likeness (QED) is 0.591. The monoisotopic (exact) mass is 398 g/mol. The molecule has 4 nitrogen and oxygen atoms in total.